The first-order valence-electron chi connectivity index (χ1n) is 6.49. The van der Waals surface area contributed by atoms with E-state index >= 15 is 0 Å². The molecule has 1 saturated heterocycles. The van der Waals surface area contributed by atoms with Gasteiger partial charge in [-0.15, -0.1) is 23.1 Å². The zero-order valence-corrected chi connectivity index (χ0v) is 13.9. The van der Waals surface area contributed by atoms with Crippen LogP contribution in [0.3, 0.4) is 0 Å². The molecule has 2 heterocycles. The molecule has 1 aromatic heterocycles. The van der Waals surface area contributed by atoms with Crippen LogP contribution in [0.25, 0.3) is 0 Å². The highest BCUT2D eigenvalue weighted by Crippen LogP contribution is 2.46. The van der Waals surface area contributed by atoms with Crippen LogP contribution >= 0.6 is 34.9 Å². The van der Waals surface area contributed by atoms with E-state index in [4.69, 9.17) is 10.7 Å². The Bertz CT molecular complexity index is 403. The van der Waals surface area contributed by atoms with E-state index in [-0.39, 0.29) is 0 Å². The molecule has 3 atom stereocenters. The normalized spacial score (nSPS) is 28.9. The zero-order valence-electron chi connectivity index (χ0n) is 11.5. The van der Waals surface area contributed by atoms with E-state index in [1.165, 1.54) is 21.3 Å². The van der Waals surface area contributed by atoms with Crippen LogP contribution in [0.1, 0.15) is 54.4 Å². The van der Waals surface area contributed by atoms with E-state index in [0.29, 0.717) is 23.0 Å². The second kappa shape index (κ2) is 6.16. The summed E-state index contributed by atoms with van der Waals surface area (Å²) in [6.45, 7) is 9.68. The van der Waals surface area contributed by atoms with E-state index in [1.54, 1.807) is 0 Å². The Balaban J connectivity index is 2.18. The van der Waals surface area contributed by atoms with Gasteiger partial charge in [-0.3, -0.25) is 0 Å². The lowest BCUT2D eigenvalue weighted by atomic mass is 10.1. The molecular weight excluding hydrogens is 280 g/mol. The second-order valence-electron chi connectivity index (χ2n) is 5.09. The van der Waals surface area contributed by atoms with Crippen molar-refractivity contribution in [2.45, 2.75) is 55.9 Å². The van der Waals surface area contributed by atoms with Crippen LogP contribution in [0.5, 0.6) is 0 Å². The van der Waals surface area contributed by atoms with Crippen molar-refractivity contribution in [3.8, 4) is 0 Å². The lowest BCUT2D eigenvalue weighted by Crippen LogP contribution is -2.21. The smallest absolute Gasteiger partial charge is 0.107 e. The number of thiazole rings is 1. The monoisotopic (exact) mass is 302 g/mol. The van der Waals surface area contributed by atoms with Gasteiger partial charge in [0.15, 0.2) is 0 Å². The van der Waals surface area contributed by atoms with Crippen molar-refractivity contribution in [1.82, 2.24) is 4.98 Å². The Morgan fingerprint density at radius 1 is 1.33 bits per heavy atom. The number of nitrogens with two attached hydrogens (primary N) is 1. The van der Waals surface area contributed by atoms with Crippen molar-refractivity contribution in [1.29, 1.82) is 0 Å². The van der Waals surface area contributed by atoms with E-state index in [9.17, 15) is 0 Å². The largest absolute Gasteiger partial charge is 0.326 e. The molecule has 0 bridgehead atoms. The number of nitrogens with zero attached hydrogens (tertiary/aromatic N) is 1. The maximum absolute atomic E-state index is 5.84. The lowest BCUT2D eigenvalue weighted by molar-refractivity contribution is 0.802. The molecule has 1 aliphatic rings. The molecule has 2 nitrogen and oxygen atoms in total. The Morgan fingerprint density at radius 2 is 2.06 bits per heavy atom. The molecular formula is C13H22N2S3. The molecule has 1 fully saturated rings. The second-order valence-corrected chi connectivity index (χ2v) is 9.20. The maximum atomic E-state index is 5.84. The highest BCUT2D eigenvalue weighted by Gasteiger charge is 2.29. The molecule has 2 N–H and O–H groups in total. The fraction of sp³-hybridized carbons (Fsp3) is 0.769. The lowest BCUT2D eigenvalue weighted by Gasteiger charge is -2.30. The van der Waals surface area contributed by atoms with E-state index < -0.39 is 0 Å². The molecule has 3 unspecified atom stereocenters. The van der Waals surface area contributed by atoms with Crippen molar-refractivity contribution >= 4 is 34.9 Å². The highest BCUT2D eigenvalue weighted by atomic mass is 32.2. The van der Waals surface area contributed by atoms with Crippen molar-refractivity contribution in [2.24, 2.45) is 5.73 Å². The minimum absolute atomic E-state index is 0.478. The third-order valence-corrected chi connectivity index (χ3v) is 8.06. The summed E-state index contributed by atoms with van der Waals surface area (Å²) in [6, 6.07) is 0. The Kier molecular flexibility index (Phi) is 5.03. The van der Waals surface area contributed by atoms with Crippen LogP contribution in [0, 0.1) is 0 Å². The first kappa shape index (κ1) is 14.7. The van der Waals surface area contributed by atoms with Gasteiger partial charge in [-0.05, 0) is 5.92 Å². The first-order valence-corrected chi connectivity index (χ1v) is 9.30. The van der Waals surface area contributed by atoms with Crippen molar-refractivity contribution < 1.29 is 0 Å². The molecule has 0 saturated carbocycles. The molecule has 0 amide bonds. The molecule has 0 aromatic carbocycles. The minimum atomic E-state index is 0.478. The van der Waals surface area contributed by atoms with Crippen LogP contribution < -0.4 is 5.73 Å². The predicted molar refractivity (Wildman–Crippen MR) is 85.8 cm³/mol. The molecule has 0 spiro atoms. The molecule has 0 radical (unpaired) electrons. The van der Waals surface area contributed by atoms with Gasteiger partial charge in [-0.1, -0.05) is 27.7 Å². The van der Waals surface area contributed by atoms with Crippen LogP contribution in [0.2, 0.25) is 0 Å². The topological polar surface area (TPSA) is 38.9 Å². The van der Waals surface area contributed by atoms with E-state index in [2.05, 4.69) is 51.2 Å². The van der Waals surface area contributed by atoms with Gasteiger partial charge < -0.3 is 5.73 Å². The highest BCUT2D eigenvalue weighted by molar-refractivity contribution is 8.07. The van der Waals surface area contributed by atoms with Gasteiger partial charge >= 0.3 is 0 Å². The summed E-state index contributed by atoms with van der Waals surface area (Å²) >= 11 is 5.98. The van der Waals surface area contributed by atoms with Crippen LogP contribution in [-0.2, 0) is 6.54 Å². The van der Waals surface area contributed by atoms with Crippen LogP contribution in [-0.4, -0.2) is 21.2 Å². The number of aromatic nitrogens is 1. The van der Waals surface area contributed by atoms with E-state index in [0.717, 1.165) is 5.25 Å². The fourth-order valence-electron chi connectivity index (χ4n) is 2.03. The summed E-state index contributed by atoms with van der Waals surface area (Å²) in [5.41, 5.74) is 7.06. The van der Waals surface area contributed by atoms with Crippen LogP contribution in [0.4, 0.5) is 0 Å². The molecule has 18 heavy (non-hydrogen) atoms. The van der Waals surface area contributed by atoms with E-state index in [1.807, 2.05) is 11.3 Å². The maximum Gasteiger partial charge on any atom is 0.107 e. The summed E-state index contributed by atoms with van der Waals surface area (Å²) < 4.78 is 0. The Morgan fingerprint density at radius 3 is 2.56 bits per heavy atom. The number of hydrogen-bond acceptors (Lipinski definition) is 5. The molecule has 2 rings (SSSR count). The molecule has 102 valence electrons. The number of rotatable bonds is 3. The standard InChI is InChI=1S/C13H22N2S3/c1-7(2)12-10(5-14)18-13(15-12)11-6-16-8(3)9(4)17-11/h7-9,11H,5-6,14H2,1-4H3. The first-order chi connectivity index (χ1) is 8.52. The van der Waals surface area contributed by atoms with Crippen molar-refractivity contribution in [3.05, 3.63) is 15.6 Å². The van der Waals surface area contributed by atoms with Gasteiger partial charge in [-0.2, -0.15) is 11.8 Å². The Hall–Kier alpha value is 0.290. The average Bonchev–Trinajstić information content (AvgIpc) is 2.77. The summed E-state index contributed by atoms with van der Waals surface area (Å²) in [7, 11) is 0. The van der Waals surface area contributed by atoms with Crippen molar-refractivity contribution in [2.75, 3.05) is 5.75 Å². The van der Waals surface area contributed by atoms with Crippen molar-refractivity contribution in [3.63, 3.8) is 0 Å². The zero-order chi connectivity index (χ0) is 13.3. The van der Waals surface area contributed by atoms with Gasteiger partial charge in [0, 0.05) is 27.7 Å². The Labute approximate surface area is 123 Å². The summed E-state index contributed by atoms with van der Waals surface area (Å²) in [5, 5.41) is 3.31. The number of thioether (sulfide) groups is 2. The van der Waals surface area contributed by atoms with Gasteiger partial charge in [-0.25, -0.2) is 4.98 Å². The predicted octanol–water partition coefficient (Wildman–Crippen LogP) is 4.02. The quantitative estimate of drug-likeness (QED) is 0.915. The van der Waals surface area contributed by atoms with Gasteiger partial charge in [0.25, 0.3) is 0 Å². The van der Waals surface area contributed by atoms with Gasteiger partial charge in [0.2, 0.25) is 0 Å². The third kappa shape index (κ3) is 3.06. The van der Waals surface area contributed by atoms with Crippen LogP contribution in [0.15, 0.2) is 0 Å². The number of hydrogen-bond donors (Lipinski definition) is 1. The molecule has 1 aromatic rings. The fourth-order valence-corrected chi connectivity index (χ4v) is 6.32. The average molecular weight is 303 g/mol. The summed E-state index contributed by atoms with van der Waals surface area (Å²) in [6.07, 6.45) is 0. The SMILES string of the molecule is CC(C)c1nc(C2CSC(C)C(C)S2)sc1CN. The van der Waals surface area contributed by atoms with Gasteiger partial charge in [0.1, 0.15) is 5.01 Å². The van der Waals surface area contributed by atoms with Gasteiger partial charge in [0.05, 0.1) is 10.9 Å². The third-order valence-electron chi connectivity index (χ3n) is 3.30. The summed E-state index contributed by atoms with van der Waals surface area (Å²) in [4.78, 5) is 6.14. The molecule has 1 aliphatic heterocycles. The molecule has 0 aliphatic carbocycles. The minimum Gasteiger partial charge on any atom is -0.326 e. The molecule has 5 heteroatoms. The summed E-state index contributed by atoms with van der Waals surface area (Å²) in [5.74, 6) is 1.66.